The largest absolute Gasteiger partial charge is 0.381 e. The topological polar surface area (TPSA) is 38.3 Å². The maximum absolute atomic E-state index is 11.9. The average Bonchev–Trinajstić information content (AvgIpc) is 2.76. The third-order valence-electron chi connectivity index (χ3n) is 3.51. The minimum atomic E-state index is 0.0294. The van der Waals surface area contributed by atoms with Gasteiger partial charge in [0.1, 0.15) is 0 Å². The van der Waals surface area contributed by atoms with Crippen LogP contribution in [0.25, 0.3) is 0 Å². The van der Waals surface area contributed by atoms with Crippen LogP contribution in [-0.2, 0) is 4.74 Å². The maximum Gasteiger partial charge on any atom is 0.261 e. The van der Waals surface area contributed by atoms with Crippen molar-refractivity contribution in [1.29, 1.82) is 0 Å². The van der Waals surface area contributed by atoms with Crippen LogP contribution in [0.1, 0.15) is 29.9 Å². The van der Waals surface area contributed by atoms with E-state index in [1.807, 2.05) is 17.5 Å². The molecule has 1 heterocycles. The fourth-order valence-electron chi connectivity index (χ4n) is 2.17. The van der Waals surface area contributed by atoms with Gasteiger partial charge in [-0.05, 0) is 17.9 Å². The van der Waals surface area contributed by atoms with E-state index in [1.165, 1.54) is 11.3 Å². The number of ether oxygens (including phenoxy) is 1. The monoisotopic (exact) mass is 239 g/mol. The number of hydrogen-bond acceptors (Lipinski definition) is 3. The number of carbonyl (C=O) groups excluding carboxylic acids is 1. The molecule has 1 aromatic heterocycles. The summed E-state index contributed by atoms with van der Waals surface area (Å²) in [6.45, 7) is 4.26. The molecule has 0 aliphatic heterocycles. The van der Waals surface area contributed by atoms with Crippen molar-refractivity contribution >= 4 is 17.2 Å². The summed E-state index contributed by atoms with van der Waals surface area (Å²) in [5, 5.41) is 4.98. The van der Waals surface area contributed by atoms with Gasteiger partial charge in [-0.3, -0.25) is 4.79 Å². The van der Waals surface area contributed by atoms with Crippen molar-refractivity contribution in [2.24, 2.45) is 5.41 Å². The van der Waals surface area contributed by atoms with Crippen LogP contribution in [0.4, 0.5) is 0 Å². The van der Waals surface area contributed by atoms with Crippen molar-refractivity contribution in [2.45, 2.75) is 32.4 Å². The summed E-state index contributed by atoms with van der Waals surface area (Å²) < 4.78 is 5.36. The summed E-state index contributed by atoms with van der Waals surface area (Å²) >= 11 is 1.47. The maximum atomic E-state index is 11.9. The van der Waals surface area contributed by atoms with E-state index in [1.54, 1.807) is 7.11 Å². The highest BCUT2D eigenvalue weighted by Gasteiger charge is 2.49. The minimum Gasteiger partial charge on any atom is -0.381 e. The Morgan fingerprint density at radius 1 is 1.62 bits per heavy atom. The molecule has 0 bridgehead atoms. The molecule has 1 fully saturated rings. The van der Waals surface area contributed by atoms with Gasteiger partial charge in [0.15, 0.2) is 0 Å². The summed E-state index contributed by atoms with van der Waals surface area (Å²) in [6.07, 6.45) is 1.15. The van der Waals surface area contributed by atoms with E-state index in [0.29, 0.717) is 0 Å². The normalized spacial score (nSPS) is 27.2. The second-order valence-electron chi connectivity index (χ2n) is 4.78. The van der Waals surface area contributed by atoms with E-state index in [-0.39, 0.29) is 23.5 Å². The van der Waals surface area contributed by atoms with Gasteiger partial charge in [-0.1, -0.05) is 19.9 Å². The summed E-state index contributed by atoms with van der Waals surface area (Å²) in [5.41, 5.74) is 0.0294. The van der Waals surface area contributed by atoms with Gasteiger partial charge in [0.05, 0.1) is 11.0 Å². The Morgan fingerprint density at radius 2 is 2.38 bits per heavy atom. The van der Waals surface area contributed by atoms with Gasteiger partial charge in [0.25, 0.3) is 5.91 Å². The molecule has 0 saturated heterocycles. The van der Waals surface area contributed by atoms with E-state index in [2.05, 4.69) is 19.2 Å². The molecule has 1 N–H and O–H groups in total. The van der Waals surface area contributed by atoms with Crippen LogP contribution in [0, 0.1) is 5.41 Å². The van der Waals surface area contributed by atoms with E-state index in [0.717, 1.165) is 11.3 Å². The van der Waals surface area contributed by atoms with Gasteiger partial charge >= 0.3 is 0 Å². The Kier molecular flexibility index (Phi) is 3.04. The van der Waals surface area contributed by atoms with E-state index in [4.69, 9.17) is 4.74 Å². The van der Waals surface area contributed by atoms with Crippen LogP contribution >= 0.6 is 11.3 Å². The number of nitrogens with one attached hydrogen (secondary N) is 1. The van der Waals surface area contributed by atoms with Crippen LogP contribution in [0.15, 0.2) is 17.5 Å². The quantitative estimate of drug-likeness (QED) is 0.879. The molecule has 0 spiro atoms. The van der Waals surface area contributed by atoms with E-state index < -0.39 is 0 Å². The third kappa shape index (κ3) is 1.87. The Hall–Kier alpha value is -0.870. The fourth-order valence-corrected chi connectivity index (χ4v) is 2.79. The highest BCUT2D eigenvalue weighted by atomic mass is 32.1. The first-order chi connectivity index (χ1) is 7.55. The molecule has 1 aliphatic carbocycles. The molecule has 1 aliphatic rings. The van der Waals surface area contributed by atoms with Crippen molar-refractivity contribution in [1.82, 2.24) is 5.32 Å². The second-order valence-corrected chi connectivity index (χ2v) is 5.73. The lowest BCUT2D eigenvalue weighted by Gasteiger charge is -2.51. The van der Waals surface area contributed by atoms with Crippen LogP contribution in [0.2, 0.25) is 0 Å². The van der Waals surface area contributed by atoms with E-state index in [9.17, 15) is 4.79 Å². The van der Waals surface area contributed by atoms with Crippen molar-refractivity contribution in [3.63, 3.8) is 0 Å². The fraction of sp³-hybridized carbons (Fsp3) is 0.583. The number of thiophene rings is 1. The Morgan fingerprint density at radius 3 is 2.88 bits per heavy atom. The molecule has 16 heavy (non-hydrogen) atoms. The van der Waals surface area contributed by atoms with Crippen LogP contribution < -0.4 is 5.32 Å². The van der Waals surface area contributed by atoms with Crippen LogP contribution in [0.5, 0.6) is 0 Å². The Balaban J connectivity index is 1.95. The SMILES string of the molecule is COC1CC(NC(=O)c2cccs2)C1(C)C. The molecule has 3 nitrogen and oxygen atoms in total. The van der Waals surface area contributed by atoms with E-state index >= 15 is 0 Å². The van der Waals surface area contributed by atoms with Crippen molar-refractivity contribution < 1.29 is 9.53 Å². The van der Waals surface area contributed by atoms with Gasteiger partial charge in [-0.15, -0.1) is 11.3 Å². The summed E-state index contributed by atoms with van der Waals surface area (Å²) in [5.74, 6) is 0.0302. The summed E-state index contributed by atoms with van der Waals surface area (Å²) in [6, 6.07) is 3.95. The number of amides is 1. The standard InChI is InChI=1S/C12H17NO2S/c1-12(2)9(7-10(12)15-3)13-11(14)8-5-4-6-16-8/h4-6,9-10H,7H2,1-3H3,(H,13,14). The zero-order valence-electron chi connectivity index (χ0n) is 9.82. The van der Waals surface area contributed by atoms with Gasteiger partial charge in [0.2, 0.25) is 0 Å². The second kappa shape index (κ2) is 4.18. The molecule has 1 aromatic rings. The first-order valence-corrected chi connectivity index (χ1v) is 6.31. The third-order valence-corrected chi connectivity index (χ3v) is 4.38. The molecule has 2 unspecified atom stereocenters. The van der Waals surface area contributed by atoms with Gasteiger partial charge in [-0.2, -0.15) is 0 Å². The lowest BCUT2D eigenvalue weighted by Crippen LogP contribution is -2.61. The van der Waals surface area contributed by atoms with Crippen LogP contribution in [0.3, 0.4) is 0 Å². The van der Waals surface area contributed by atoms with Crippen molar-refractivity contribution in [3.05, 3.63) is 22.4 Å². The van der Waals surface area contributed by atoms with Crippen LogP contribution in [-0.4, -0.2) is 25.2 Å². The molecule has 88 valence electrons. The predicted molar refractivity (Wildman–Crippen MR) is 64.8 cm³/mol. The Bertz CT molecular complexity index is 372. The van der Waals surface area contributed by atoms with Crippen molar-refractivity contribution in [2.75, 3.05) is 7.11 Å². The molecule has 2 atom stereocenters. The zero-order valence-corrected chi connectivity index (χ0v) is 10.6. The Labute approximate surface area is 99.8 Å². The molecule has 2 rings (SSSR count). The zero-order chi connectivity index (χ0) is 11.8. The van der Waals surface area contributed by atoms with Gasteiger partial charge in [0, 0.05) is 18.6 Å². The van der Waals surface area contributed by atoms with Gasteiger partial charge in [-0.25, -0.2) is 0 Å². The predicted octanol–water partition coefficient (Wildman–Crippen LogP) is 2.29. The molecule has 1 saturated carbocycles. The molecule has 0 radical (unpaired) electrons. The number of hydrogen-bond donors (Lipinski definition) is 1. The first-order valence-electron chi connectivity index (χ1n) is 5.43. The van der Waals surface area contributed by atoms with Gasteiger partial charge < -0.3 is 10.1 Å². The lowest BCUT2D eigenvalue weighted by molar-refractivity contribution is -0.0942. The summed E-state index contributed by atoms with van der Waals surface area (Å²) in [7, 11) is 1.73. The molecular formula is C12H17NO2S. The smallest absolute Gasteiger partial charge is 0.261 e. The number of methoxy groups -OCH3 is 1. The minimum absolute atomic E-state index is 0.0294. The highest BCUT2D eigenvalue weighted by molar-refractivity contribution is 7.12. The molecule has 1 amide bonds. The molecule has 4 heteroatoms. The molecular weight excluding hydrogens is 222 g/mol. The highest BCUT2D eigenvalue weighted by Crippen LogP contribution is 2.42. The number of carbonyl (C=O) groups is 1. The number of rotatable bonds is 3. The molecule has 0 aromatic carbocycles. The first kappa shape index (κ1) is 11.6. The summed E-state index contributed by atoms with van der Waals surface area (Å²) in [4.78, 5) is 12.6. The average molecular weight is 239 g/mol. The van der Waals surface area contributed by atoms with Crippen molar-refractivity contribution in [3.8, 4) is 0 Å². The lowest BCUT2D eigenvalue weighted by atomic mass is 9.64.